The van der Waals surface area contributed by atoms with Crippen LogP contribution in [0.1, 0.15) is 12.8 Å². The summed E-state index contributed by atoms with van der Waals surface area (Å²) < 4.78 is 26.4. The van der Waals surface area contributed by atoms with Crippen molar-refractivity contribution in [3.05, 3.63) is 34.4 Å². The van der Waals surface area contributed by atoms with Crippen molar-refractivity contribution in [2.75, 3.05) is 19.6 Å². The Labute approximate surface area is 133 Å². The van der Waals surface area contributed by atoms with E-state index in [4.69, 9.17) is 0 Å². The average molecular weight is 342 g/mol. The molecule has 1 aromatic carbocycles. The molecule has 1 amide bonds. The quantitative estimate of drug-likeness (QED) is 0.355. The summed E-state index contributed by atoms with van der Waals surface area (Å²) in [7, 11) is -3.76. The molecule has 9 nitrogen and oxygen atoms in total. The standard InChI is InChI=1S/C13H18N4O5S/c18-13(12-2-1-7-14-12)15-8-9-16-23(21,22)11-5-3-10(4-6-11)17(19)20/h3-6,12,14,16H,1-2,7-9H2,(H,15,18). The highest BCUT2D eigenvalue weighted by atomic mass is 32.2. The third kappa shape index (κ3) is 4.71. The van der Waals surface area contributed by atoms with Crippen LogP contribution in [0.25, 0.3) is 0 Å². The molecular weight excluding hydrogens is 324 g/mol. The summed E-state index contributed by atoms with van der Waals surface area (Å²) in [5, 5.41) is 16.2. The van der Waals surface area contributed by atoms with Gasteiger partial charge < -0.3 is 10.6 Å². The van der Waals surface area contributed by atoms with E-state index < -0.39 is 14.9 Å². The molecule has 1 unspecified atom stereocenters. The smallest absolute Gasteiger partial charge is 0.269 e. The summed E-state index contributed by atoms with van der Waals surface area (Å²) in [6.07, 6.45) is 1.73. The molecule has 1 aliphatic rings. The molecule has 0 radical (unpaired) electrons. The van der Waals surface area contributed by atoms with Crippen LogP contribution in [0.5, 0.6) is 0 Å². The van der Waals surface area contributed by atoms with Crippen LogP contribution in [0.2, 0.25) is 0 Å². The highest BCUT2D eigenvalue weighted by molar-refractivity contribution is 7.89. The topological polar surface area (TPSA) is 130 Å². The van der Waals surface area contributed by atoms with Gasteiger partial charge in [-0.25, -0.2) is 13.1 Å². The van der Waals surface area contributed by atoms with Crippen LogP contribution >= 0.6 is 0 Å². The molecule has 1 aliphatic heterocycles. The molecule has 126 valence electrons. The monoisotopic (exact) mass is 342 g/mol. The maximum Gasteiger partial charge on any atom is 0.269 e. The highest BCUT2D eigenvalue weighted by Gasteiger charge is 2.21. The van der Waals surface area contributed by atoms with E-state index in [1.54, 1.807) is 0 Å². The summed E-state index contributed by atoms with van der Waals surface area (Å²) in [6.45, 7) is 1.02. The lowest BCUT2D eigenvalue weighted by Gasteiger charge is -2.11. The molecule has 1 aromatic rings. The molecule has 23 heavy (non-hydrogen) atoms. The number of carbonyl (C=O) groups is 1. The lowest BCUT2D eigenvalue weighted by molar-refractivity contribution is -0.384. The highest BCUT2D eigenvalue weighted by Crippen LogP contribution is 2.15. The van der Waals surface area contributed by atoms with E-state index in [1.165, 1.54) is 12.1 Å². The second-order valence-corrected chi connectivity index (χ2v) is 6.86. The fourth-order valence-corrected chi connectivity index (χ4v) is 3.26. The minimum Gasteiger partial charge on any atom is -0.353 e. The van der Waals surface area contributed by atoms with Crippen molar-refractivity contribution in [1.82, 2.24) is 15.4 Å². The molecule has 0 aliphatic carbocycles. The van der Waals surface area contributed by atoms with Crippen LogP contribution in [-0.4, -0.2) is 44.9 Å². The van der Waals surface area contributed by atoms with Gasteiger partial charge in [0.05, 0.1) is 15.9 Å². The number of hydrogen-bond acceptors (Lipinski definition) is 6. The molecule has 1 saturated heterocycles. The molecule has 3 N–H and O–H groups in total. The summed E-state index contributed by atoms with van der Waals surface area (Å²) in [5.41, 5.74) is -0.180. The zero-order valence-electron chi connectivity index (χ0n) is 12.3. The Morgan fingerprint density at radius 3 is 2.57 bits per heavy atom. The van der Waals surface area contributed by atoms with Crippen molar-refractivity contribution in [2.45, 2.75) is 23.8 Å². The summed E-state index contributed by atoms with van der Waals surface area (Å²) in [5.74, 6) is -0.142. The SMILES string of the molecule is O=C(NCCNS(=O)(=O)c1ccc([N+](=O)[O-])cc1)C1CCCN1. The molecular formula is C13H18N4O5S. The molecule has 0 saturated carbocycles. The lowest BCUT2D eigenvalue weighted by Crippen LogP contribution is -2.43. The van der Waals surface area contributed by atoms with Crippen LogP contribution < -0.4 is 15.4 Å². The lowest BCUT2D eigenvalue weighted by atomic mass is 10.2. The maximum absolute atomic E-state index is 12.0. The van der Waals surface area contributed by atoms with Gasteiger partial charge >= 0.3 is 0 Å². The van der Waals surface area contributed by atoms with Gasteiger partial charge in [-0.3, -0.25) is 14.9 Å². The van der Waals surface area contributed by atoms with E-state index in [9.17, 15) is 23.3 Å². The average Bonchev–Trinajstić information content (AvgIpc) is 3.06. The molecule has 0 spiro atoms. The number of sulfonamides is 1. The number of carbonyl (C=O) groups excluding carboxylic acids is 1. The van der Waals surface area contributed by atoms with Gasteiger partial charge in [0.25, 0.3) is 5.69 Å². The summed E-state index contributed by atoms with van der Waals surface area (Å²) in [4.78, 5) is 21.6. The van der Waals surface area contributed by atoms with Crippen molar-refractivity contribution in [2.24, 2.45) is 0 Å². The van der Waals surface area contributed by atoms with E-state index >= 15 is 0 Å². The number of hydrogen-bond donors (Lipinski definition) is 3. The normalized spacial score (nSPS) is 17.8. The Morgan fingerprint density at radius 2 is 2.00 bits per heavy atom. The van der Waals surface area contributed by atoms with Crippen molar-refractivity contribution in [3.63, 3.8) is 0 Å². The second-order valence-electron chi connectivity index (χ2n) is 5.09. The molecule has 1 atom stereocenters. The van der Waals surface area contributed by atoms with E-state index in [1.807, 2.05) is 0 Å². The zero-order chi connectivity index (χ0) is 16.9. The predicted octanol–water partition coefficient (Wildman–Crippen LogP) is -0.259. The first-order chi connectivity index (χ1) is 10.9. The molecule has 2 rings (SSSR count). The van der Waals surface area contributed by atoms with Crippen LogP contribution in [0.4, 0.5) is 5.69 Å². The van der Waals surface area contributed by atoms with Crippen molar-refractivity contribution >= 4 is 21.6 Å². The fraction of sp³-hybridized carbons (Fsp3) is 0.462. The van der Waals surface area contributed by atoms with Crippen LogP contribution in [0.3, 0.4) is 0 Å². The molecule has 10 heteroatoms. The maximum atomic E-state index is 12.0. The Hall–Kier alpha value is -2.04. The third-order valence-corrected chi connectivity index (χ3v) is 4.93. The second kappa shape index (κ2) is 7.49. The third-order valence-electron chi connectivity index (χ3n) is 3.45. The van der Waals surface area contributed by atoms with Gasteiger partial charge in [0.1, 0.15) is 0 Å². The van der Waals surface area contributed by atoms with Crippen LogP contribution in [-0.2, 0) is 14.8 Å². The van der Waals surface area contributed by atoms with Crippen LogP contribution in [0, 0.1) is 10.1 Å². The molecule has 1 fully saturated rings. The van der Waals surface area contributed by atoms with Gasteiger partial charge in [0, 0.05) is 25.2 Å². The minimum absolute atomic E-state index is 0.0395. The first-order valence-electron chi connectivity index (χ1n) is 7.15. The van der Waals surface area contributed by atoms with Gasteiger partial charge in [0.15, 0.2) is 0 Å². The number of non-ortho nitro benzene ring substituents is 1. The number of amides is 1. The largest absolute Gasteiger partial charge is 0.353 e. The number of benzene rings is 1. The molecule has 0 bridgehead atoms. The van der Waals surface area contributed by atoms with Gasteiger partial charge in [-0.05, 0) is 31.5 Å². The van der Waals surface area contributed by atoms with E-state index in [-0.39, 0.29) is 35.6 Å². The van der Waals surface area contributed by atoms with E-state index in [2.05, 4.69) is 15.4 Å². The zero-order valence-corrected chi connectivity index (χ0v) is 13.1. The number of rotatable bonds is 7. The Bertz CT molecular complexity index is 668. The van der Waals surface area contributed by atoms with Gasteiger partial charge in [-0.15, -0.1) is 0 Å². The number of nitro benzene ring substituents is 1. The number of nitrogens with one attached hydrogen (secondary N) is 3. The fourth-order valence-electron chi connectivity index (χ4n) is 2.23. The summed E-state index contributed by atoms with van der Waals surface area (Å²) >= 11 is 0. The Morgan fingerprint density at radius 1 is 1.30 bits per heavy atom. The van der Waals surface area contributed by atoms with E-state index in [0.717, 1.165) is 31.5 Å². The predicted molar refractivity (Wildman–Crippen MR) is 82.3 cm³/mol. The Kier molecular flexibility index (Phi) is 5.64. The minimum atomic E-state index is -3.76. The van der Waals surface area contributed by atoms with Gasteiger partial charge in [-0.2, -0.15) is 0 Å². The first kappa shape index (κ1) is 17.3. The van der Waals surface area contributed by atoms with Crippen molar-refractivity contribution < 1.29 is 18.1 Å². The van der Waals surface area contributed by atoms with Gasteiger partial charge in [-0.1, -0.05) is 0 Å². The first-order valence-corrected chi connectivity index (χ1v) is 8.64. The number of nitro groups is 1. The molecule has 1 heterocycles. The van der Waals surface area contributed by atoms with Crippen molar-refractivity contribution in [3.8, 4) is 0 Å². The van der Waals surface area contributed by atoms with Crippen molar-refractivity contribution in [1.29, 1.82) is 0 Å². The van der Waals surface area contributed by atoms with Crippen LogP contribution in [0.15, 0.2) is 29.2 Å². The Balaban J connectivity index is 1.81. The van der Waals surface area contributed by atoms with Gasteiger partial charge in [0.2, 0.25) is 15.9 Å². The number of nitrogens with zero attached hydrogens (tertiary/aromatic N) is 1. The molecule has 0 aromatic heterocycles. The summed E-state index contributed by atoms with van der Waals surface area (Å²) in [6, 6.07) is 4.38. The van der Waals surface area contributed by atoms with E-state index in [0.29, 0.717) is 0 Å².